The van der Waals surface area contributed by atoms with Gasteiger partial charge in [0.1, 0.15) is 10.9 Å². The standard InChI is InChI=1S/C6H3BrClNO3/c7-2-1-3(10)4(6(11)12)9-5(2)8/h1,10H,(H,11,12). The highest BCUT2D eigenvalue weighted by atomic mass is 79.9. The number of aromatic carboxylic acids is 1. The van der Waals surface area contributed by atoms with E-state index in [1.54, 1.807) is 0 Å². The molecule has 0 amide bonds. The molecule has 0 spiro atoms. The van der Waals surface area contributed by atoms with Crippen molar-refractivity contribution in [3.63, 3.8) is 0 Å². The SMILES string of the molecule is O=C(O)c1nc(Cl)c(Br)cc1O. The molecule has 0 unspecified atom stereocenters. The van der Waals surface area contributed by atoms with Crippen LogP contribution in [0.2, 0.25) is 5.15 Å². The summed E-state index contributed by atoms with van der Waals surface area (Å²) in [4.78, 5) is 13.8. The third-order valence-corrected chi connectivity index (χ3v) is 2.24. The Morgan fingerprint density at radius 1 is 1.67 bits per heavy atom. The molecule has 4 nitrogen and oxygen atoms in total. The van der Waals surface area contributed by atoms with Gasteiger partial charge in [-0.3, -0.25) is 0 Å². The van der Waals surface area contributed by atoms with Gasteiger partial charge in [-0.15, -0.1) is 0 Å². The summed E-state index contributed by atoms with van der Waals surface area (Å²) in [6.45, 7) is 0. The fourth-order valence-corrected chi connectivity index (χ4v) is 1.06. The van der Waals surface area contributed by atoms with E-state index < -0.39 is 17.4 Å². The van der Waals surface area contributed by atoms with Crippen molar-refractivity contribution < 1.29 is 15.0 Å². The lowest BCUT2D eigenvalue weighted by Crippen LogP contribution is -2.00. The summed E-state index contributed by atoms with van der Waals surface area (Å²) < 4.78 is 0.353. The molecule has 0 saturated carbocycles. The van der Waals surface area contributed by atoms with Crippen molar-refractivity contribution in [2.45, 2.75) is 0 Å². The van der Waals surface area contributed by atoms with Crippen molar-refractivity contribution in [2.75, 3.05) is 0 Å². The van der Waals surface area contributed by atoms with Crippen LogP contribution in [0, 0.1) is 0 Å². The van der Waals surface area contributed by atoms with Crippen LogP contribution in [-0.2, 0) is 0 Å². The lowest BCUT2D eigenvalue weighted by molar-refractivity contribution is 0.0687. The summed E-state index contributed by atoms with van der Waals surface area (Å²) in [5.41, 5.74) is -0.455. The van der Waals surface area contributed by atoms with Gasteiger partial charge >= 0.3 is 5.97 Å². The van der Waals surface area contributed by atoms with Crippen LogP contribution in [0.3, 0.4) is 0 Å². The summed E-state index contributed by atoms with van der Waals surface area (Å²) >= 11 is 8.48. The zero-order valence-corrected chi connectivity index (χ0v) is 7.93. The summed E-state index contributed by atoms with van der Waals surface area (Å²) in [6.07, 6.45) is 0. The number of hydrogen-bond acceptors (Lipinski definition) is 3. The average Bonchev–Trinajstić information content (AvgIpc) is 1.96. The first-order valence-corrected chi connectivity index (χ1v) is 3.97. The number of halogens is 2. The largest absolute Gasteiger partial charge is 0.505 e. The van der Waals surface area contributed by atoms with Gasteiger partial charge in [-0.2, -0.15) is 0 Å². The van der Waals surface area contributed by atoms with Crippen molar-refractivity contribution in [3.8, 4) is 5.75 Å². The topological polar surface area (TPSA) is 70.4 Å². The van der Waals surface area contributed by atoms with Crippen molar-refractivity contribution in [2.24, 2.45) is 0 Å². The molecular formula is C6H3BrClNO3. The van der Waals surface area contributed by atoms with E-state index in [1.165, 1.54) is 6.07 Å². The van der Waals surface area contributed by atoms with Gasteiger partial charge in [0.2, 0.25) is 0 Å². The zero-order valence-electron chi connectivity index (χ0n) is 5.58. The van der Waals surface area contributed by atoms with Gasteiger partial charge in [0.15, 0.2) is 5.69 Å². The van der Waals surface area contributed by atoms with Gasteiger partial charge < -0.3 is 10.2 Å². The second-order valence-corrected chi connectivity index (χ2v) is 3.15. The number of aromatic nitrogens is 1. The maximum Gasteiger partial charge on any atom is 0.358 e. The third-order valence-electron chi connectivity index (χ3n) is 1.12. The summed E-state index contributed by atoms with van der Waals surface area (Å²) in [5.74, 6) is -1.74. The van der Waals surface area contributed by atoms with E-state index in [2.05, 4.69) is 20.9 Å². The van der Waals surface area contributed by atoms with Gasteiger partial charge in [0, 0.05) is 0 Å². The molecule has 1 aromatic heterocycles. The first-order valence-electron chi connectivity index (χ1n) is 2.80. The first-order chi connectivity index (χ1) is 5.52. The second kappa shape index (κ2) is 3.28. The molecule has 0 radical (unpaired) electrons. The Hall–Kier alpha value is -0.810. The number of carbonyl (C=O) groups is 1. The lowest BCUT2D eigenvalue weighted by Gasteiger charge is -2.00. The number of carboxylic acids is 1. The van der Waals surface area contributed by atoms with E-state index in [0.717, 1.165) is 0 Å². The monoisotopic (exact) mass is 251 g/mol. The Morgan fingerprint density at radius 3 is 2.75 bits per heavy atom. The summed E-state index contributed by atoms with van der Waals surface area (Å²) in [7, 11) is 0. The van der Waals surface area contributed by atoms with Crippen molar-refractivity contribution >= 4 is 33.5 Å². The molecule has 2 N–H and O–H groups in total. The average molecular weight is 252 g/mol. The van der Waals surface area contributed by atoms with Gasteiger partial charge in [-0.1, -0.05) is 11.6 Å². The highest BCUT2D eigenvalue weighted by Crippen LogP contribution is 2.26. The Morgan fingerprint density at radius 2 is 2.25 bits per heavy atom. The van der Waals surface area contributed by atoms with Crippen LogP contribution in [0.25, 0.3) is 0 Å². The van der Waals surface area contributed by atoms with Crippen molar-refractivity contribution in [3.05, 3.63) is 21.4 Å². The fraction of sp³-hybridized carbons (Fsp3) is 0. The molecular weight excluding hydrogens is 249 g/mol. The minimum atomic E-state index is -1.32. The predicted molar refractivity (Wildman–Crippen MR) is 45.6 cm³/mol. The molecule has 0 bridgehead atoms. The molecule has 1 aromatic rings. The van der Waals surface area contributed by atoms with Crippen LogP contribution in [0.15, 0.2) is 10.5 Å². The molecule has 0 aliphatic carbocycles. The number of nitrogens with zero attached hydrogens (tertiary/aromatic N) is 1. The molecule has 6 heteroatoms. The van der Waals surface area contributed by atoms with Crippen molar-refractivity contribution in [1.29, 1.82) is 0 Å². The predicted octanol–water partition coefficient (Wildman–Crippen LogP) is 1.90. The van der Waals surface area contributed by atoms with E-state index in [9.17, 15) is 4.79 Å². The Bertz CT molecular complexity index is 342. The fourth-order valence-electron chi connectivity index (χ4n) is 0.614. The Balaban J connectivity index is 3.33. The first kappa shape index (κ1) is 9.28. The number of aromatic hydroxyl groups is 1. The molecule has 12 heavy (non-hydrogen) atoms. The molecule has 0 fully saturated rings. The maximum absolute atomic E-state index is 10.4. The van der Waals surface area contributed by atoms with Crippen LogP contribution in [0.4, 0.5) is 0 Å². The third kappa shape index (κ3) is 1.67. The summed E-state index contributed by atoms with van der Waals surface area (Å²) in [5, 5.41) is 17.5. The summed E-state index contributed by atoms with van der Waals surface area (Å²) in [6, 6.07) is 1.18. The highest BCUT2D eigenvalue weighted by molar-refractivity contribution is 9.10. The van der Waals surface area contributed by atoms with Gasteiger partial charge in [0.05, 0.1) is 4.47 Å². The van der Waals surface area contributed by atoms with Crippen LogP contribution in [0.5, 0.6) is 5.75 Å². The normalized spacial score (nSPS) is 9.83. The number of pyridine rings is 1. The van der Waals surface area contributed by atoms with Gasteiger partial charge in [-0.05, 0) is 22.0 Å². The quantitative estimate of drug-likeness (QED) is 0.749. The van der Waals surface area contributed by atoms with Crippen LogP contribution in [-0.4, -0.2) is 21.2 Å². The Labute approximate surface area is 80.9 Å². The second-order valence-electron chi connectivity index (χ2n) is 1.93. The minimum absolute atomic E-state index is 0.00481. The van der Waals surface area contributed by atoms with Crippen LogP contribution >= 0.6 is 27.5 Å². The molecule has 0 aliphatic rings. The van der Waals surface area contributed by atoms with Crippen LogP contribution < -0.4 is 0 Å². The smallest absolute Gasteiger partial charge is 0.358 e. The zero-order chi connectivity index (χ0) is 9.30. The number of carboxylic acid groups (broad SMARTS) is 1. The molecule has 0 saturated heterocycles. The van der Waals surface area contributed by atoms with Crippen LogP contribution in [0.1, 0.15) is 10.5 Å². The van der Waals surface area contributed by atoms with Gasteiger partial charge in [-0.25, -0.2) is 9.78 Å². The number of hydrogen-bond donors (Lipinski definition) is 2. The highest BCUT2D eigenvalue weighted by Gasteiger charge is 2.13. The number of rotatable bonds is 1. The van der Waals surface area contributed by atoms with E-state index >= 15 is 0 Å². The minimum Gasteiger partial charge on any atom is -0.505 e. The molecule has 1 heterocycles. The Kier molecular flexibility index (Phi) is 2.54. The van der Waals surface area contributed by atoms with E-state index in [-0.39, 0.29) is 5.15 Å². The van der Waals surface area contributed by atoms with Gasteiger partial charge in [0.25, 0.3) is 0 Å². The molecule has 0 atom stereocenters. The van der Waals surface area contributed by atoms with E-state index in [4.69, 9.17) is 21.8 Å². The molecule has 64 valence electrons. The van der Waals surface area contributed by atoms with E-state index in [0.29, 0.717) is 4.47 Å². The van der Waals surface area contributed by atoms with Crippen molar-refractivity contribution in [1.82, 2.24) is 4.98 Å². The lowest BCUT2D eigenvalue weighted by atomic mass is 10.3. The van der Waals surface area contributed by atoms with E-state index in [1.807, 2.05) is 0 Å². The molecule has 0 aromatic carbocycles. The molecule has 0 aliphatic heterocycles. The maximum atomic E-state index is 10.4. The molecule has 1 rings (SSSR count).